The highest BCUT2D eigenvalue weighted by Crippen LogP contribution is 2.27. The number of methoxy groups -OCH3 is 1. The molecule has 0 saturated carbocycles. The van der Waals surface area contributed by atoms with Crippen LogP contribution in [0, 0.1) is 0 Å². The third-order valence-corrected chi connectivity index (χ3v) is 3.80. The molecule has 16 heavy (non-hydrogen) atoms. The smallest absolute Gasteiger partial charge is 0.170 e. The molecule has 0 aromatic carbocycles. The van der Waals surface area contributed by atoms with E-state index in [0.29, 0.717) is 32.5 Å². The summed E-state index contributed by atoms with van der Waals surface area (Å²) in [6.07, 6.45) is 3.46. The van der Waals surface area contributed by atoms with Gasteiger partial charge in [-0.05, 0) is 0 Å². The van der Waals surface area contributed by atoms with Crippen molar-refractivity contribution in [1.29, 1.82) is 0 Å². The van der Waals surface area contributed by atoms with Crippen molar-refractivity contribution in [2.24, 2.45) is 0 Å². The number of aromatic nitrogens is 1. The highest BCUT2D eigenvalue weighted by Gasteiger charge is 2.39. The van der Waals surface area contributed by atoms with E-state index >= 15 is 0 Å². The molecule has 1 fully saturated rings. The molecule has 1 aromatic heterocycles. The van der Waals surface area contributed by atoms with Crippen LogP contribution in [-0.2, 0) is 20.7 Å². The van der Waals surface area contributed by atoms with E-state index in [2.05, 4.69) is 4.98 Å². The van der Waals surface area contributed by atoms with Gasteiger partial charge in [-0.1, -0.05) is 0 Å². The van der Waals surface area contributed by atoms with Gasteiger partial charge in [0.05, 0.1) is 5.51 Å². The Bertz CT molecular complexity index is 344. The lowest BCUT2D eigenvalue weighted by Gasteiger charge is -2.34. The zero-order chi connectivity index (χ0) is 11.4. The van der Waals surface area contributed by atoms with E-state index in [1.807, 2.05) is 0 Å². The highest BCUT2D eigenvalue weighted by molar-refractivity contribution is 7.09. The van der Waals surface area contributed by atoms with Crippen LogP contribution in [0.5, 0.6) is 0 Å². The lowest BCUT2D eigenvalue weighted by Crippen LogP contribution is -2.46. The van der Waals surface area contributed by atoms with Crippen LogP contribution in [0.25, 0.3) is 0 Å². The Kier molecular flexibility index (Phi) is 3.68. The van der Waals surface area contributed by atoms with Crippen LogP contribution in [0.4, 0.5) is 0 Å². The molecule has 0 radical (unpaired) electrons. The van der Waals surface area contributed by atoms with Gasteiger partial charge in [0.25, 0.3) is 0 Å². The number of rotatable bonds is 4. The predicted molar refractivity (Wildman–Crippen MR) is 60.6 cm³/mol. The number of ketones is 1. The molecule has 0 spiro atoms. The summed E-state index contributed by atoms with van der Waals surface area (Å²) in [5, 5.41) is 0. The minimum Gasteiger partial charge on any atom is -0.381 e. The molecule has 1 aliphatic rings. The van der Waals surface area contributed by atoms with Gasteiger partial charge in [-0.15, -0.1) is 11.3 Å². The number of nitrogens with zero attached hydrogens (tertiary/aromatic N) is 1. The van der Waals surface area contributed by atoms with Gasteiger partial charge in [0, 0.05) is 50.7 Å². The molecule has 1 aliphatic heterocycles. The van der Waals surface area contributed by atoms with Crippen molar-refractivity contribution in [2.75, 3.05) is 20.3 Å². The molecule has 0 N–H and O–H groups in total. The van der Waals surface area contributed by atoms with E-state index in [9.17, 15) is 4.79 Å². The summed E-state index contributed by atoms with van der Waals surface area (Å²) in [4.78, 5) is 17.2. The lowest BCUT2D eigenvalue weighted by atomic mass is 9.87. The third kappa shape index (κ3) is 2.31. The van der Waals surface area contributed by atoms with Gasteiger partial charge in [-0.3, -0.25) is 9.78 Å². The Balaban J connectivity index is 2.06. The predicted octanol–water partition coefficient (Wildman–Crippen LogP) is 1.45. The summed E-state index contributed by atoms with van der Waals surface area (Å²) < 4.78 is 10.7. The van der Waals surface area contributed by atoms with Crippen LogP contribution in [0.1, 0.15) is 17.7 Å². The molecular formula is C11H15NO3S. The summed E-state index contributed by atoms with van der Waals surface area (Å²) in [6.45, 7) is 1.20. The zero-order valence-electron chi connectivity index (χ0n) is 9.27. The number of hydrogen-bond acceptors (Lipinski definition) is 5. The molecule has 4 nitrogen and oxygen atoms in total. The molecule has 0 unspecified atom stereocenters. The molecule has 88 valence electrons. The summed E-state index contributed by atoms with van der Waals surface area (Å²) >= 11 is 1.51. The number of hydrogen-bond donors (Lipinski definition) is 0. The second kappa shape index (κ2) is 5.03. The number of thiazole rings is 1. The molecule has 5 heteroatoms. The first-order valence-electron chi connectivity index (χ1n) is 5.30. The standard InChI is InChI=1S/C11H15NO3S/c1-14-11(2-4-15-5-3-11)10(13)6-9-7-12-8-16-9/h7-8H,2-6H2,1H3. The summed E-state index contributed by atoms with van der Waals surface area (Å²) in [5.74, 6) is 0.141. The molecule has 0 bridgehead atoms. The molecule has 2 heterocycles. The molecule has 0 aliphatic carbocycles. The van der Waals surface area contributed by atoms with Gasteiger partial charge in [0.15, 0.2) is 5.78 Å². The first kappa shape index (κ1) is 11.7. The fraction of sp³-hybridized carbons (Fsp3) is 0.636. The normalized spacial score (nSPS) is 19.6. The monoisotopic (exact) mass is 241 g/mol. The van der Waals surface area contributed by atoms with Crippen molar-refractivity contribution in [3.8, 4) is 0 Å². The SMILES string of the molecule is COC1(C(=O)Cc2cncs2)CCOCC1. The first-order valence-corrected chi connectivity index (χ1v) is 6.18. The van der Waals surface area contributed by atoms with Gasteiger partial charge in [-0.25, -0.2) is 0 Å². The fourth-order valence-corrected chi connectivity index (χ4v) is 2.54. The van der Waals surface area contributed by atoms with Crippen LogP contribution in [-0.4, -0.2) is 36.7 Å². The average molecular weight is 241 g/mol. The van der Waals surface area contributed by atoms with E-state index < -0.39 is 5.60 Å². The van der Waals surface area contributed by atoms with E-state index in [1.54, 1.807) is 18.8 Å². The van der Waals surface area contributed by atoms with Crippen LogP contribution >= 0.6 is 11.3 Å². The quantitative estimate of drug-likeness (QED) is 0.800. The van der Waals surface area contributed by atoms with Crippen LogP contribution < -0.4 is 0 Å². The third-order valence-electron chi connectivity index (χ3n) is 3.02. The van der Waals surface area contributed by atoms with Crippen LogP contribution in [0.3, 0.4) is 0 Å². The number of Topliss-reactive ketones (excluding diaryl/α,β-unsaturated/α-hetero) is 1. The van der Waals surface area contributed by atoms with Gasteiger partial charge in [0.1, 0.15) is 5.60 Å². The van der Waals surface area contributed by atoms with Gasteiger partial charge >= 0.3 is 0 Å². The first-order chi connectivity index (χ1) is 7.77. The Morgan fingerprint density at radius 3 is 2.94 bits per heavy atom. The summed E-state index contributed by atoms with van der Waals surface area (Å²) in [6, 6.07) is 0. The van der Waals surface area contributed by atoms with E-state index in [1.165, 1.54) is 11.3 Å². The van der Waals surface area contributed by atoms with Gasteiger partial charge < -0.3 is 9.47 Å². The maximum absolute atomic E-state index is 12.2. The van der Waals surface area contributed by atoms with Crippen LogP contribution in [0.2, 0.25) is 0 Å². The fourth-order valence-electron chi connectivity index (χ4n) is 1.95. The Morgan fingerprint density at radius 1 is 1.62 bits per heavy atom. The van der Waals surface area contributed by atoms with Crippen molar-refractivity contribution in [2.45, 2.75) is 24.9 Å². The van der Waals surface area contributed by atoms with Crippen molar-refractivity contribution in [3.63, 3.8) is 0 Å². The number of ether oxygens (including phenoxy) is 2. The topological polar surface area (TPSA) is 48.4 Å². The van der Waals surface area contributed by atoms with E-state index in [-0.39, 0.29) is 5.78 Å². The molecule has 1 saturated heterocycles. The summed E-state index contributed by atoms with van der Waals surface area (Å²) in [7, 11) is 1.61. The van der Waals surface area contributed by atoms with Crippen molar-refractivity contribution >= 4 is 17.1 Å². The van der Waals surface area contributed by atoms with Crippen LogP contribution in [0.15, 0.2) is 11.7 Å². The zero-order valence-corrected chi connectivity index (χ0v) is 10.1. The van der Waals surface area contributed by atoms with E-state index in [0.717, 1.165) is 4.88 Å². The minimum atomic E-state index is -0.637. The van der Waals surface area contributed by atoms with Gasteiger partial charge in [0.2, 0.25) is 0 Å². The maximum atomic E-state index is 12.2. The van der Waals surface area contributed by atoms with Crippen molar-refractivity contribution in [3.05, 3.63) is 16.6 Å². The van der Waals surface area contributed by atoms with Gasteiger partial charge in [-0.2, -0.15) is 0 Å². The molecule has 1 aromatic rings. The number of carbonyl (C=O) groups is 1. The van der Waals surface area contributed by atoms with Crippen molar-refractivity contribution < 1.29 is 14.3 Å². The average Bonchev–Trinajstić information content (AvgIpc) is 2.82. The Morgan fingerprint density at radius 2 is 2.38 bits per heavy atom. The number of carbonyl (C=O) groups excluding carboxylic acids is 1. The minimum absolute atomic E-state index is 0.141. The molecule has 2 rings (SSSR count). The van der Waals surface area contributed by atoms with Crippen molar-refractivity contribution in [1.82, 2.24) is 4.98 Å². The highest BCUT2D eigenvalue weighted by atomic mass is 32.1. The lowest BCUT2D eigenvalue weighted by molar-refractivity contribution is -0.151. The summed E-state index contributed by atoms with van der Waals surface area (Å²) in [5.41, 5.74) is 1.11. The Labute approximate surface area is 98.6 Å². The molecular weight excluding hydrogens is 226 g/mol. The second-order valence-electron chi connectivity index (χ2n) is 3.88. The largest absolute Gasteiger partial charge is 0.381 e. The maximum Gasteiger partial charge on any atom is 0.170 e. The van der Waals surface area contributed by atoms with E-state index in [4.69, 9.17) is 9.47 Å². The molecule has 0 amide bonds. The Hall–Kier alpha value is -0.780. The second-order valence-corrected chi connectivity index (χ2v) is 4.85. The molecule has 0 atom stereocenters.